The molecule has 0 spiro atoms. The molecule has 0 amide bonds. The van der Waals surface area contributed by atoms with Gasteiger partial charge in [0, 0.05) is 12.8 Å². The van der Waals surface area contributed by atoms with Crippen LogP contribution in [0.4, 0.5) is 0 Å². The normalized spacial score (nSPS) is 30.4. The monoisotopic (exact) mass is 193 g/mol. The third kappa shape index (κ3) is 1.95. The molecule has 0 aromatic carbocycles. The van der Waals surface area contributed by atoms with Crippen LogP contribution in [-0.4, -0.2) is 43.6 Å². The van der Waals surface area contributed by atoms with E-state index in [4.69, 9.17) is 5.11 Å². The quantitative estimate of drug-likeness (QED) is 0.578. The maximum Gasteiger partial charge on any atom is 0.320 e. The number of nitrogens with one attached hydrogen (secondary N) is 1. The smallest absolute Gasteiger partial charge is 0.320 e. The van der Waals surface area contributed by atoms with Crippen molar-refractivity contribution in [1.82, 2.24) is 5.32 Å². The fraction of sp³-hybridized carbons (Fsp3) is 0.833. The van der Waals surface area contributed by atoms with E-state index in [1.165, 1.54) is 0 Å². The fourth-order valence-electron chi connectivity index (χ4n) is 1.22. The summed E-state index contributed by atoms with van der Waals surface area (Å²) in [6.07, 6.45) is 1.30. The van der Waals surface area contributed by atoms with Crippen LogP contribution in [0.2, 0.25) is 0 Å². The lowest BCUT2D eigenvalue weighted by molar-refractivity contribution is -0.139. The predicted octanol–water partition coefficient (Wildman–Crippen LogP) is -1.15. The highest BCUT2D eigenvalue weighted by Crippen LogP contribution is 2.13. The van der Waals surface area contributed by atoms with Crippen LogP contribution in [-0.2, 0) is 14.6 Å². The third-order valence-electron chi connectivity index (χ3n) is 1.99. The van der Waals surface area contributed by atoms with Gasteiger partial charge in [-0.25, -0.2) is 8.42 Å². The summed E-state index contributed by atoms with van der Waals surface area (Å²) >= 11 is 0. The Balaban J connectivity index is 2.64. The minimum atomic E-state index is -3.09. The molecule has 12 heavy (non-hydrogen) atoms. The van der Waals surface area contributed by atoms with Gasteiger partial charge in [-0.15, -0.1) is 0 Å². The van der Waals surface area contributed by atoms with Gasteiger partial charge in [-0.3, -0.25) is 4.79 Å². The molecule has 2 atom stereocenters. The van der Waals surface area contributed by atoms with Crippen LogP contribution < -0.4 is 5.32 Å². The molecular weight excluding hydrogens is 182 g/mol. The van der Waals surface area contributed by atoms with Gasteiger partial charge < -0.3 is 10.4 Å². The molecule has 70 valence electrons. The van der Waals surface area contributed by atoms with Gasteiger partial charge in [-0.1, -0.05) is 0 Å². The van der Waals surface area contributed by atoms with Gasteiger partial charge in [-0.05, 0) is 6.42 Å². The number of hydrogen-bond donors (Lipinski definition) is 2. The molecule has 0 bridgehead atoms. The summed E-state index contributed by atoms with van der Waals surface area (Å²) in [5.41, 5.74) is 0. The molecule has 1 saturated heterocycles. The zero-order chi connectivity index (χ0) is 9.35. The van der Waals surface area contributed by atoms with E-state index in [1.54, 1.807) is 0 Å². The summed E-state index contributed by atoms with van der Waals surface area (Å²) in [7, 11) is -3.09. The van der Waals surface area contributed by atoms with Crippen LogP contribution in [0.3, 0.4) is 0 Å². The van der Waals surface area contributed by atoms with E-state index >= 15 is 0 Å². The van der Waals surface area contributed by atoms with Gasteiger partial charge in [0.25, 0.3) is 0 Å². The van der Waals surface area contributed by atoms with Gasteiger partial charge in [0.15, 0.2) is 9.84 Å². The number of rotatable bonds is 2. The van der Waals surface area contributed by atoms with E-state index in [1.807, 2.05) is 0 Å². The molecule has 0 radical (unpaired) electrons. The first-order valence-corrected chi connectivity index (χ1v) is 5.52. The molecule has 1 aliphatic rings. The third-order valence-corrected chi connectivity index (χ3v) is 3.56. The molecule has 1 aliphatic heterocycles. The standard InChI is InChI=1S/C6H11NO4S/c1-12(10,11)4-2-5(6(8)9)7-3-4/h4-5,7H,2-3H2,1H3,(H,8,9). The summed E-state index contributed by atoms with van der Waals surface area (Å²) in [6, 6.07) is -0.704. The Labute approximate surface area is 70.7 Å². The van der Waals surface area contributed by atoms with Crippen molar-refractivity contribution >= 4 is 15.8 Å². The van der Waals surface area contributed by atoms with Crippen molar-refractivity contribution < 1.29 is 18.3 Å². The van der Waals surface area contributed by atoms with E-state index in [9.17, 15) is 13.2 Å². The van der Waals surface area contributed by atoms with Crippen molar-refractivity contribution in [2.45, 2.75) is 17.7 Å². The number of hydrogen-bond acceptors (Lipinski definition) is 4. The Morgan fingerprint density at radius 3 is 2.42 bits per heavy atom. The predicted molar refractivity (Wildman–Crippen MR) is 42.7 cm³/mol. The first-order chi connectivity index (χ1) is 5.41. The summed E-state index contributed by atoms with van der Waals surface area (Å²) < 4.78 is 21.9. The fourth-order valence-corrected chi connectivity index (χ4v) is 2.16. The maximum atomic E-state index is 11.0. The summed E-state index contributed by atoms with van der Waals surface area (Å²) in [5, 5.41) is 10.6. The van der Waals surface area contributed by atoms with Crippen LogP contribution in [0.1, 0.15) is 6.42 Å². The zero-order valence-corrected chi connectivity index (χ0v) is 7.47. The van der Waals surface area contributed by atoms with Gasteiger partial charge in [0.05, 0.1) is 5.25 Å². The maximum absolute atomic E-state index is 11.0. The highest BCUT2D eigenvalue weighted by Gasteiger charge is 2.34. The molecule has 0 aromatic heterocycles. The van der Waals surface area contributed by atoms with Crippen molar-refractivity contribution in [3.05, 3.63) is 0 Å². The van der Waals surface area contributed by atoms with Crippen LogP contribution >= 0.6 is 0 Å². The van der Waals surface area contributed by atoms with Gasteiger partial charge in [0.2, 0.25) is 0 Å². The molecule has 1 rings (SSSR count). The molecule has 0 aromatic rings. The van der Waals surface area contributed by atoms with Crippen LogP contribution in [0.5, 0.6) is 0 Å². The molecule has 6 heteroatoms. The summed E-state index contributed by atoms with van der Waals surface area (Å²) in [4.78, 5) is 10.4. The molecule has 5 nitrogen and oxygen atoms in total. The van der Waals surface area contributed by atoms with E-state index < -0.39 is 27.1 Å². The van der Waals surface area contributed by atoms with Gasteiger partial charge in [0.1, 0.15) is 6.04 Å². The topological polar surface area (TPSA) is 83.5 Å². The van der Waals surface area contributed by atoms with Crippen LogP contribution in [0.25, 0.3) is 0 Å². The molecule has 2 unspecified atom stereocenters. The first kappa shape index (κ1) is 9.47. The van der Waals surface area contributed by atoms with Gasteiger partial charge >= 0.3 is 5.97 Å². The average molecular weight is 193 g/mol. The van der Waals surface area contributed by atoms with E-state index in [2.05, 4.69) is 5.32 Å². The minimum Gasteiger partial charge on any atom is -0.480 e. The average Bonchev–Trinajstić information content (AvgIpc) is 2.30. The Hall–Kier alpha value is -0.620. The Kier molecular flexibility index (Phi) is 2.39. The van der Waals surface area contributed by atoms with Gasteiger partial charge in [-0.2, -0.15) is 0 Å². The largest absolute Gasteiger partial charge is 0.480 e. The zero-order valence-electron chi connectivity index (χ0n) is 6.65. The Morgan fingerprint density at radius 1 is 1.58 bits per heavy atom. The number of carboxylic acid groups (broad SMARTS) is 1. The lowest BCUT2D eigenvalue weighted by Crippen LogP contribution is -2.30. The molecule has 0 saturated carbocycles. The van der Waals surface area contributed by atoms with Crippen molar-refractivity contribution in [2.75, 3.05) is 12.8 Å². The molecule has 2 N–H and O–H groups in total. The molecule has 1 heterocycles. The lowest BCUT2D eigenvalue weighted by Gasteiger charge is -2.03. The minimum absolute atomic E-state index is 0.175. The van der Waals surface area contributed by atoms with Crippen LogP contribution in [0, 0.1) is 0 Å². The van der Waals surface area contributed by atoms with E-state index in [-0.39, 0.29) is 13.0 Å². The van der Waals surface area contributed by atoms with E-state index in [0.29, 0.717) is 0 Å². The molecular formula is C6H11NO4S. The summed E-state index contributed by atoms with van der Waals surface area (Å²) in [5.74, 6) is -0.985. The van der Waals surface area contributed by atoms with Crippen molar-refractivity contribution in [2.24, 2.45) is 0 Å². The highest BCUT2D eigenvalue weighted by molar-refractivity contribution is 7.91. The number of carbonyl (C=O) groups is 1. The Morgan fingerprint density at radius 2 is 2.17 bits per heavy atom. The van der Waals surface area contributed by atoms with Crippen molar-refractivity contribution in [3.8, 4) is 0 Å². The van der Waals surface area contributed by atoms with E-state index in [0.717, 1.165) is 6.26 Å². The first-order valence-electron chi connectivity index (χ1n) is 3.56. The number of aliphatic carboxylic acids is 1. The summed E-state index contributed by atoms with van der Waals surface area (Å²) in [6.45, 7) is 0.246. The van der Waals surface area contributed by atoms with Crippen LogP contribution in [0.15, 0.2) is 0 Å². The number of sulfone groups is 1. The van der Waals surface area contributed by atoms with Crippen molar-refractivity contribution in [1.29, 1.82) is 0 Å². The molecule has 1 fully saturated rings. The molecule has 0 aliphatic carbocycles. The second kappa shape index (κ2) is 3.02. The van der Waals surface area contributed by atoms with Crippen molar-refractivity contribution in [3.63, 3.8) is 0 Å². The second-order valence-corrected chi connectivity index (χ2v) is 5.31. The highest BCUT2D eigenvalue weighted by atomic mass is 32.2. The SMILES string of the molecule is CS(=O)(=O)C1CNC(C(=O)O)C1. The second-order valence-electron chi connectivity index (χ2n) is 2.99. The Bertz CT molecular complexity index is 284. The lowest BCUT2D eigenvalue weighted by atomic mass is 10.2. The number of carboxylic acids is 1.